The van der Waals surface area contributed by atoms with Crippen molar-refractivity contribution in [1.82, 2.24) is 15.0 Å². The molecule has 0 spiro atoms. The van der Waals surface area contributed by atoms with Crippen molar-refractivity contribution in [2.45, 2.75) is 6.92 Å². The van der Waals surface area contributed by atoms with Crippen LogP contribution in [0.4, 0.5) is 0 Å². The normalized spacial score (nSPS) is 10.3. The highest BCUT2D eigenvalue weighted by Gasteiger charge is 1.93. The van der Waals surface area contributed by atoms with Gasteiger partial charge in [-0.3, -0.25) is 4.98 Å². The second-order valence-electron chi connectivity index (χ2n) is 2.32. The maximum absolute atomic E-state index is 4.20. The van der Waals surface area contributed by atoms with Gasteiger partial charge >= 0.3 is 0 Å². The van der Waals surface area contributed by atoms with E-state index in [0.29, 0.717) is 0 Å². The van der Waals surface area contributed by atoms with Crippen LogP contribution in [0.15, 0.2) is 24.5 Å². The minimum Gasteiger partial charge on any atom is -0.253 e. The molecule has 0 N–H and O–H groups in total. The first-order chi connectivity index (χ1) is 5.36. The largest absolute Gasteiger partial charge is 0.253 e. The Labute approximate surface area is 64.1 Å². The van der Waals surface area contributed by atoms with Crippen molar-refractivity contribution in [2.24, 2.45) is 0 Å². The Hall–Kier alpha value is -1.51. The summed E-state index contributed by atoms with van der Waals surface area (Å²) < 4.78 is 0. The molecule has 0 aliphatic rings. The molecule has 0 radical (unpaired) electrons. The van der Waals surface area contributed by atoms with Gasteiger partial charge in [-0.1, -0.05) is 0 Å². The zero-order chi connectivity index (χ0) is 7.68. The summed E-state index contributed by atoms with van der Waals surface area (Å²) >= 11 is 0. The Morgan fingerprint density at radius 2 is 2.09 bits per heavy atom. The summed E-state index contributed by atoms with van der Waals surface area (Å²) in [6, 6.07) is 3.80. The second-order valence-corrected chi connectivity index (χ2v) is 2.32. The Balaban J connectivity index is 2.83. The van der Waals surface area contributed by atoms with Gasteiger partial charge in [-0.05, 0) is 19.1 Å². The number of aromatic nitrogens is 3. The predicted molar refractivity (Wildman–Crippen MR) is 42.1 cm³/mol. The number of hydrogen-bond donors (Lipinski definition) is 0. The number of fused-ring (bicyclic) bond motifs is 1. The molecule has 2 aromatic heterocycles. The van der Waals surface area contributed by atoms with Crippen LogP contribution in [0, 0.1) is 6.92 Å². The van der Waals surface area contributed by atoms with E-state index in [1.54, 1.807) is 12.4 Å². The molecular formula is C8H7N3. The van der Waals surface area contributed by atoms with E-state index in [9.17, 15) is 0 Å². The third kappa shape index (κ3) is 1.05. The standard InChI is InChI=1S/C8H7N3/c1-6-10-5-8-7(11-6)3-2-4-9-8/h2-5H,1H3. The highest BCUT2D eigenvalue weighted by Crippen LogP contribution is 2.04. The fourth-order valence-corrected chi connectivity index (χ4v) is 0.961. The molecular weight excluding hydrogens is 138 g/mol. The molecule has 0 aromatic carbocycles. The summed E-state index contributed by atoms with van der Waals surface area (Å²) in [5, 5.41) is 0. The van der Waals surface area contributed by atoms with Crippen LogP contribution in [0.1, 0.15) is 5.82 Å². The Bertz CT molecular complexity index is 384. The molecule has 0 aliphatic heterocycles. The van der Waals surface area contributed by atoms with E-state index < -0.39 is 0 Å². The first-order valence-electron chi connectivity index (χ1n) is 3.40. The van der Waals surface area contributed by atoms with E-state index in [4.69, 9.17) is 0 Å². The van der Waals surface area contributed by atoms with E-state index >= 15 is 0 Å². The van der Waals surface area contributed by atoms with Gasteiger partial charge < -0.3 is 0 Å². The minimum atomic E-state index is 0.783. The van der Waals surface area contributed by atoms with Gasteiger partial charge in [0.2, 0.25) is 0 Å². The lowest BCUT2D eigenvalue weighted by Crippen LogP contribution is -1.88. The molecule has 11 heavy (non-hydrogen) atoms. The third-order valence-corrected chi connectivity index (χ3v) is 1.47. The Morgan fingerprint density at radius 1 is 1.18 bits per heavy atom. The van der Waals surface area contributed by atoms with Crippen LogP contribution in [0.25, 0.3) is 11.0 Å². The van der Waals surface area contributed by atoms with Gasteiger partial charge in [0.1, 0.15) is 11.3 Å². The van der Waals surface area contributed by atoms with Crippen molar-refractivity contribution >= 4 is 11.0 Å². The third-order valence-electron chi connectivity index (χ3n) is 1.47. The fourth-order valence-electron chi connectivity index (χ4n) is 0.961. The van der Waals surface area contributed by atoms with Gasteiger partial charge in [-0.25, -0.2) is 9.97 Å². The number of pyridine rings is 1. The van der Waals surface area contributed by atoms with Crippen LogP contribution in [0.3, 0.4) is 0 Å². The van der Waals surface area contributed by atoms with Gasteiger partial charge in [0.15, 0.2) is 0 Å². The molecule has 2 aromatic rings. The molecule has 0 unspecified atom stereocenters. The number of rotatable bonds is 0. The monoisotopic (exact) mass is 145 g/mol. The van der Waals surface area contributed by atoms with Crippen LogP contribution in [0.5, 0.6) is 0 Å². The average Bonchev–Trinajstić information content (AvgIpc) is 2.04. The summed E-state index contributed by atoms with van der Waals surface area (Å²) in [4.78, 5) is 12.3. The maximum atomic E-state index is 4.20. The summed E-state index contributed by atoms with van der Waals surface area (Å²) in [7, 11) is 0. The molecule has 2 heterocycles. The number of hydrogen-bond acceptors (Lipinski definition) is 3. The SMILES string of the molecule is Cc1ncc2ncccc2n1. The van der Waals surface area contributed by atoms with Crippen LogP contribution in [0.2, 0.25) is 0 Å². The smallest absolute Gasteiger partial charge is 0.126 e. The topological polar surface area (TPSA) is 38.7 Å². The van der Waals surface area contributed by atoms with Gasteiger partial charge in [-0.2, -0.15) is 0 Å². The van der Waals surface area contributed by atoms with Crippen molar-refractivity contribution in [3.05, 3.63) is 30.4 Å². The zero-order valence-corrected chi connectivity index (χ0v) is 6.15. The fraction of sp³-hybridized carbons (Fsp3) is 0.125. The molecule has 54 valence electrons. The molecule has 0 aliphatic carbocycles. The number of aryl methyl sites for hydroxylation is 1. The molecule has 0 saturated heterocycles. The highest BCUT2D eigenvalue weighted by molar-refractivity contribution is 5.72. The highest BCUT2D eigenvalue weighted by atomic mass is 14.9. The van der Waals surface area contributed by atoms with Gasteiger partial charge in [0.05, 0.1) is 11.7 Å². The van der Waals surface area contributed by atoms with E-state index in [1.165, 1.54) is 0 Å². The maximum Gasteiger partial charge on any atom is 0.126 e. The van der Waals surface area contributed by atoms with Crippen LogP contribution in [-0.2, 0) is 0 Å². The predicted octanol–water partition coefficient (Wildman–Crippen LogP) is 1.33. The summed E-state index contributed by atoms with van der Waals surface area (Å²) in [6.07, 6.45) is 3.47. The molecule has 0 fully saturated rings. The molecule has 3 heteroatoms. The molecule has 0 bridgehead atoms. The first kappa shape index (κ1) is 6.22. The summed E-state index contributed by atoms with van der Waals surface area (Å²) in [5.41, 5.74) is 1.75. The lowest BCUT2D eigenvalue weighted by Gasteiger charge is -1.94. The summed E-state index contributed by atoms with van der Waals surface area (Å²) in [6.45, 7) is 1.87. The molecule has 3 nitrogen and oxygen atoms in total. The molecule has 0 atom stereocenters. The van der Waals surface area contributed by atoms with Gasteiger partial charge in [-0.15, -0.1) is 0 Å². The molecule has 0 amide bonds. The number of nitrogens with zero attached hydrogens (tertiary/aromatic N) is 3. The Kier molecular flexibility index (Phi) is 1.28. The quantitative estimate of drug-likeness (QED) is 0.561. The van der Waals surface area contributed by atoms with Crippen molar-refractivity contribution in [3.8, 4) is 0 Å². The summed E-state index contributed by atoms with van der Waals surface area (Å²) in [5.74, 6) is 0.783. The van der Waals surface area contributed by atoms with Gasteiger partial charge in [0.25, 0.3) is 0 Å². The second kappa shape index (κ2) is 2.27. The molecule has 2 rings (SSSR count). The van der Waals surface area contributed by atoms with Crippen molar-refractivity contribution in [3.63, 3.8) is 0 Å². The average molecular weight is 145 g/mol. The van der Waals surface area contributed by atoms with Gasteiger partial charge in [0, 0.05) is 6.20 Å². The van der Waals surface area contributed by atoms with Crippen molar-refractivity contribution in [2.75, 3.05) is 0 Å². The van der Waals surface area contributed by atoms with E-state index in [2.05, 4.69) is 15.0 Å². The van der Waals surface area contributed by atoms with E-state index in [1.807, 2.05) is 19.1 Å². The van der Waals surface area contributed by atoms with Crippen molar-refractivity contribution in [1.29, 1.82) is 0 Å². The lowest BCUT2D eigenvalue weighted by molar-refractivity contribution is 1.08. The Morgan fingerprint density at radius 3 is 3.00 bits per heavy atom. The zero-order valence-electron chi connectivity index (χ0n) is 6.15. The first-order valence-corrected chi connectivity index (χ1v) is 3.40. The molecule has 0 saturated carbocycles. The van der Waals surface area contributed by atoms with E-state index in [-0.39, 0.29) is 0 Å². The van der Waals surface area contributed by atoms with Crippen molar-refractivity contribution < 1.29 is 0 Å². The van der Waals surface area contributed by atoms with E-state index in [0.717, 1.165) is 16.9 Å². The minimum absolute atomic E-state index is 0.783. The van der Waals surface area contributed by atoms with Crippen LogP contribution < -0.4 is 0 Å². The lowest BCUT2D eigenvalue weighted by atomic mass is 10.4. The van der Waals surface area contributed by atoms with Crippen LogP contribution >= 0.6 is 0 Å². The van der Waals surface area contributed by atoms with Crippen LogP contribution in [-0.4, -0.2) is 15.0 Å².